The van der Waals surface area contributed by atoms with E-state index in [1.807, 2.05) is 48.1 Å². The molecular formula is C34H21N3S. The normalized spacial score (nSPS) is 11.7. The lowest BCUT2D eigenvalue weighted by Crippen LogP contribution is -1.96. The van der Waals surface area contributed by atoms with E-state index in [0.717, 1.165) is 28.1 Å². The lowest BCUT2D eigenvalue weighted by atomic mass is 10.0. The molecule has 0 saturated heterocycles. The van der Waals surface area contributed by atoms with Crippen LogP contribution in [-0.2, 0) is 0 Å². The minimum absolute atomic E-state index is 0.951. The Morgan fingerprint density at radius 3 is 2.26 bits per heavy atom. The van der Waals surface area contributed by atoms with E-state index < -0.39 is 0 Å². The number of rotatable bonds is 3. The molecule has 0 radical (unpaired) electrons. The lowest BCUT2D eigenvalue weighted by molar-refractivity contribution is 1.18. The number of para-hydroxylation sites is 1. The number of pyridine rings is 2. The van der Waals surface area contributed by atoms with Gasteiger partial charge in [0.1, 0.15) is 0 Å². The maximum atomic E-state index is 4.69. The first-order valence-corrected chi connectivity index (χ1v) is 13.5. The van der Waals surface area contributed by atoms with Crippen LogP contribution in [0.3, 0.4) is 0 Å². The van der Waals surface area contributed by atoms with Crippen LogP contribution in [0.25, 0.3) is 70.0 Å². The Bertz CT molecular complexity index is 2070. The highest BCUT2D eigenvalue weighted by Crippen LogP contribution is 2.43. The minimum atomic E-state index is 0.951. The number of thiophene rings is 1. The molecule has 4 aromatic carbocycles. The smallest absolute Gasteiger partial charge is 0.0719 e. The average molecular weight is 504 g/mol. The maximum Gasteiger partial charge on any atom is 0.0719 e. The van der Waals surface area contributed by atoms with Crippen molar-refractivity contribution >= 4 is 53.3 Å². The molecule has 0 aliphatic rings. The SMILES string of the molecule is c1ccc(-c2cc(-c3cccnc3)cc(-n3c4ccccc4c4ccc5c6ccccc6sc5c43)c2)nc1. The highest BCUT2D eigenvalue weighted by Gasteiger charge is 2.18. The number of fused-ring (bicyclic) bond motifs is 7. The second-order valence-electron chi connectivity index (χ2n) is 9.51. The van der Waals surface area contributed by atoms with E-state index in [0.29, 0.717) is 0 Å². The molecule has 0 amide bonds. The molecule has 0 aliphatic heterocycles. The molecule has 4 heterocycles. The summed E-state index contributed by atoms with van der Waals surface area (Å²) in [5, 5.41) is 5.14. The number of aromatic nitrogens is 3. The van der Waals surface area contributed by atoms with Gasteiger partial charge in [0.25, 0.3) is 0 Å². The first-order valence-electron chi connectivity index (χ1n) is 12.7. The molecule has 0 saturated carbocycles. The molecule has 0 unspecified atom stereocenters. The zero-order chi connectivity index (χ0) is 25.1. The first kappa shape index (κ1) is 21.3. The van der Waals surface area contributed by atoms with Gasteiger partial charge in [0.05, 0.1) is 21.4 Å². The summed E-state index contributed by atoms with van der Waals surface area (Å²) >= 11 is 1.87. The number of nitrogens with zero attached hydrogens (tertiary/aromatic N) is 3. The Kier molecular flexibility index (Phi) is 4.69. The Morgan fingerprint density at radius 1 is 0.579 bits per heavy atom. The van der Waals surface area contributed by atoms with Gasteiger partial charge in [-0.2, -0.15) is 0 Å². The third kappa shape index (κ3) is 3.21. The Balaban J connectivity index is 1.53. The van der Waals surface area contributed by atoms with Crippen molar-refractivity contribution in [1.29, 1.82) is 0 Å². The monoisotopic (exact) mass is 503 g/mol. The fourth-order valence-electron chi connectivity index (χ4n) is 5.62. The predicted octanol–water partition coefficient (Wildman–Crippen LogP) is 9.28. The molecule has 3 nitrogen and oxygen atoms in total. The van der Waals surface area contributed by atoms with Crippen LogP contribution in [0, 0.1) is 0 Å². The Morgan fingerprint density at radius 2 is 1.39 bits per heavy atom. The van der Waals surface area contributed by atoms with E-state index in [1.54, 1.807) is 0 Å². The first-order chi connectivity index (χ1) is 18.8. The molecule has 0 fully saturated rings. The summed E-state index contributed by atoms with van der Waals surface area (Å²) in [5.74, 6) is 0. The summed E-state index contributed by atoms with van der Waals surface area (Å²) < 4.78 is 5.06. The van der Waals surface area contributed by atoms with Gasteiger partial charge in [-0.05, 0) is 54.1 Å². The topological polar surface area (TPSA) is 30.7 Å². The third-order valence-electron chi connectivity index (χ3n) is 7.31. The summed E-state index contributed by atoms with van der Waals surface area (Å²) in [6, 6.07) is 39.0. The maximum absolute atomic E-state index is 4.69. The van der Waals surface area contributed by atoms with Gasteiger partial charge in [0.15, 0.2) is 0 Å². The molecule has 0 aliphatic carbocycles. The average Bonchev–Trinajstić information content (AvgIpc) is 3.54. The zero-order valence-electron chi connectivity index (χ0n) is 20.4. The summed E-state index contributed by atoms with van der Waals surface area (Å²) in [7, 11) is 0. The van der Waals surface area contributed by atoms with Crippen molar-refractivity contribution in [1.82, 2.24) is 14.5 Å². The Hall–Kier alpha value is -4.80. The molecule has 38 heavy (non-hydrogen) atoms. The predicted molar refractivity (Wildman–Crippen MR) is 160 cm³/mol. The molecule has 8 aromatic rings. The van der Waals surface area contributed by atoms with E-state index in [2.05, 4.69) is 106 Å². The fourth-order valence-corrected chi connectivity index (χ4v) is 6.86. The Labute approximate surface area is 223 Å². The molecule has 8 rings (SSSR count). The quantitative estimate of drug-likeness (QED) is 0.240. The lowest BCUT2D eigenvalue weighted by Gasteiger charge is -2.14. The molecule has 0 spiro atoms. The van der Waals surface area contributed by atoms with Gasteiger partial charge in [0, 0.05) is 61.6 Å². The second kappa shape index (κ2) is 8.37. The number of hydrogen-bond acceptors (Lipinski definition) is 3. The van der Waals surface area contributed by atoms with Gasteiger partial charge in [0.2, 0.25) is 0 Å². The summed E-state index contributed by atoms with van der Waals surface area (Å²) in [6.07, 6.45) is 5.60. The van der Waals surface area contributed by atoms with E-state index in [1.165, 1.54) is 42.0 Å². The molecule has 0 bridgehead atoms. The summed E-state index contributed by atoms with van der Waals surface area (Å²) in [6.45, 7) is 0. The molecule has 0 atom stereocenters. The van der Waals surface area contributed by atoms with Crippen LogP contribution < -0.4 is 0 Å². The van der Waals surface area contributed by atoms with Gasteiger partial charge in [-0.15, -0.1) is 11.3 Å². The van der Waals surface area contributed by atoms with Crippen molar-refractivity contribution in [3.63, 3.8) is 0 Å². The minimum Gasteiger partial charge on any atom is -0.308 e. The van der Waals surface area contributed by atoms with Crippen molar-refractivity contribution in [3.05, 3.63) is 128 Å². The molecule has 0 N–H and O–H groups in total. The molecular weight excluding hydrogens is 482 g/mol. The highest BCUT2D eigenvalue weighted by atomic mass is 32.1. The van der Waals surface area contributed by atoms with E-state index in [9.17, 15) is 0 Å². The van der Waals surface area contributed by atoms with Crippen molar-refractivity contribution in [2.24, 2.45) is 0 Å². The van der Waals surface area contributed by atoms with Crippen LogP contribution in [0.5, 0.6) is 0 Å². The van der Waals surface area contributed by atoms with Crippen LogP contribution in [0.4, 0.5) is 0 Å². The van der Waals surface area contributed by atoms with Crippen LogP contribution in [0.1, 0.15) is 0 Å². The molecule has 178 valence electrons. The van der Waals surface area contributed by atoms with Crippen LogP contribution in [-0.4, -0.2) is 14.5 Å². The van der Waals surface area contributed by atoms with Gasteiger partial charge >= 0.3 is 0 Å². The molecule has 4 heteroatoms. The van der Waals surface area contributed by atoms with Crippen LogP contribution in [0.15, 0.2) is 128 Å². The summed E-state index contributed by atoms with van der Waals surface area (Å²) in [5.41, 5.74) is 7.79. The van der Waals surface area contributed by atoms with Gasteiger partial charge in [-0.1, -0.05) is 60.7 Å². The molecule has 4 aromatic heterocycles. The zero-order valence-corrected chi connectivity index (χ0v) is 21.2. The van der Waals surface area contributed by atoms with E-state index >= 15 is 0 Å². The van der Waals surface area contributed by atoms with E-state index in [-0.39, 0.29) is 0 Å². The second-order valence-corrected chi connectivity index (χ2v) is 10.6. The van der Waals surface area contributed by atoms with Crippen molar-refractivity contribution in [2.45, 2.75) is 0 Å². The number of hydrogen-bond donors (Lipinski definition) is 0. The summed E-state index contributed by atoms with van der Waals surface area (Å²) in [4.78, 5) is 9.09. The van der Waals surface area contributed by atoms with Crippen LogP contribution >= 0.6 is 11.3 Å². The van der Waals surface area contributed by atoms with Crippen molar-refractivity contribution in [3.8, 4) is 28.1 Å². The van der Waals surface area contributed by atoms with Gasteiger partial charge < -0.3 is 4.57 Å². The largest absolute Gasteiger partial charge is 0.308 e. The van der Waals surface area contributed by atoms with E-state index in [4.69, 9.17) is 0 Å². The number of benzene rings is 4. The highest BCUT2D eigenvalue weighted by molar-refractivity contribution is 7.26. The third-order valence-corrected chi connectivity index (χ3v) is 8.50. The van der Waals surface area contributed by atoms with Gasteiger partial charge in [-0.3, -0.25) is 9.97 Å². The van der Waals surface area contributed by atoms with Crippen LogP contribution in [0.2, 0.25) is 0 Å². The van der Waals surface area contributed by atoms with Crippen molar-refractivity contribution < 1.29 is 0 Å². The van der Waals surface area contributed by atoms with Crippen molar-refractivity contribution in [2.75, 3.05) is 0 Å². The van der Waals surface area contributed by atoms with Gasteiger partial charge in [-0.25, -0.2) is 0 Å². The fraction of sp³-hybridized carbons (Fsp3) is 0. The standard InChI is InChI=1S/C34H21N3S/c1-3-12-31-26(9-1)28-14-15-29-27-10-2-4-13-32(27)38-34(29)33(28)37(31)25-19-23(22-8-7-16-35-21-22)18-24(20-25)30-11-5-6-17-36-30/h1-21H.